The lowest BCUT2D eigenvalue weighted by molar-refractivity contribution is -0.188. The molecule has 0 saturated heterocycles. The van der Waals surface area contributed by atoms with Crippen molar-refractivity contribution in [3.63, 3.8) is 0 Å². The highest BCUT2D eigenvalue weighted by Crippen LogP contribution is 2.69. The average molecular weight is 481 g/mol. The van der Waals surface area contributed by atoms with Crippen LogP contribution in [0.25, 0.3) is 0 Å². The van der Waals surface area contributed by atoms with Crippen LogP contribution >= 0.6 is 11.6 Å². The summed E-state index contributed by atoms with van der Waals surface area (Å²) in [5.74, 6) is -1.42. The summed E-state index contributed by atoms with van der Waals surface area (Å²) in [6.07, 6.45) is 4.56. The minimum atomic E-state index is -1.61. The highest BCUT2D eigenvalue weighted by molar-refractivity contribution is 6.23. The molecule has 0 aromatic carbocycles. The number of aliphatic hydroxyl groups excluding tert-OH is 2. The van der Waals surface area contributed by atoms with Crippen molar-refractivity contribution in [3.8, 4) is 0 Å². The molecule has 4 aliphatic carbocycles. The number of hydrogen-bond donors (Lipinski definition) is 2. The number of carbonyl (C=O) groups excluding carboxylic acids is 3. The number of carbonyl (C=O) groups is 3. The summed E-state index contributed by atoms with van der Waals surface area (Å²) < 4.78 is 10.8. The van der Waals surface area contributed by atoms with E-state index in [1.54, 1.807) is 13.0 Å². The Hall–Kier alpha value is -1.70. The fourth-order valence-corrected chi connectivity index (χ4v) is 8.42. The number of ether oxygens (including phenoxy) is 2. The van der Waals surface area contributed by atoms with Crippen molar-refractivity contribution in [2.75, 3.05) is 13.2 Å². The molecule has 9 atom stereocenters. The van der Waals surface area contributed by atoms with Gasteiger partial charge in [-0.3, -0.25) is 9.59 Å². The largest absolute Gasteiger partial charge is 0.509 e. The summed E-state index contributed by atoms with van der Waals surface area (Å²) in [5.41, 5.74) is -2.28. The van der Waals surface area contributed by atoms with Crippen LogP contribution in [0.1, 0.15) is 47.0 Å². The maximum atomic E-state index is 13.3. The van der Waals surface area contributed by atoms with E-state index in [4.69, 9.17) is 21.1 Å². The summed E-state index contributed by atoms with van der Waals surface area (Å²) in [5, 5.41) is 21.0. The number of alkyl halides is 1. The van der Waals surface area contributed by atoms with Crippen molar-refractivity contribution < 1.29 is 34.1 Å². The monoisotopic (exact) mass is 480 g/mol. The highest BCUT2D eigenvalue weighted by Gasteiger charge is 2.73. The molecule has 182 valence electrons. The van der Waals surface area contributed by atoms with Gasteiger partial charge in [0.05, 0.1) is 18.1 Å². The Morgan fingerprint density at radius 2 is 1.97 bits per heavy atom. The fraction of sp³-hybridized carbons (Fsp3) is 0.720. The number of allylic oxidation sites excluding steroid dienone is 4. The molecule has 0 aromatic rings. The smallest absolute Gasteiger partial charge is 0.435 e. The normalized spacial score (nSPS) is 46.0. The Morgan fingerprint density at radius 1 is 1.27 bits per heavy atom. The third-order valence-corrected chi connectivity index (χ3v) is 9.49. The van der Waals surface area contributed by atoms with Crippen molar-refractivity contribution in [1.82, 2.24) is 0 Å². The molecular weight excluding hydrogens is 448 g/mol. The minimum absolute atomic E-state index is 0.0668. The molecule has 0 heterocycles. The molecule has 4 aliphatic rings. The van der Waals surface area contributed by atoms with Crippen molar-refractivity contribution in [1.29, 1.82) is 0 Å². The molecule has 0 bridgehead atoms. The van der Waals surface area contributed by atoms with Gasteiger partial charge in [0.15, 0.2) is 11.4 Å². The predicted molar refractivity (Wildman–Crippen MR) is 121 cm³/mol. The molecule has 1 unspecified atom stereocenters. The van der Waals surface area contributed by atoms with E-state index in [0.29, 0.717) is 12.8 Å². The van der Waals surface area contributed by atoms with E-state index in [1.807, 2.05) is 26.8 Å². The van der Waals surface area contributed by atoms with E-state index in [9.17, 15) is 24.6 Å². The first-order valence-electron chi connectivity index (χ1n) is 11.7. The van der Waals surface area contributed by atoms with E-state index in [-0.39, 0.29) is 47.9 Å². The highest BCUT2D eigenvalue weighted by atomic mass is 35.5. The lowest BCUT2D eigenvalue weighted by Crippen LogP contribution is -2.64. The van der Waals surface area contributed by atoms with Gasteiger partial charge in [0.25, 0.3) is 0 Å². The molecule has 7 nitrogen and oxygen atoms in total. The lowest BCUT2D eigenvalue weighted by Gasteiger charge is -2.60. The van der Waals surface area contributed by atoms with Gasteiger partial charge >= 0.3 is 6.16 Å². The van der Waals surface area contributed by atoms with Crippen LogP contribution in [0, 0.1) is 34.5 Å². The van der Waals surface area contributed by atoms with Crippen LogP contribution in [0.2, 0.25) is 0 Å². The third-order valence-electron chi connectivity index (χ3n) is 9.08. The van der Waals surface area contributed by atoms with E-state index in [0.717, 1.165) is 5.57 Å². The van der Waals surface area contributed by atoms with Crippen LogP contribution in [0.4, 0.5) is 4.79 Å². The molecule has 3 fully saturated rings. The second-order valence-corrected chi connectivity index (χ2v) is 11.1. The molecule has 0 amide bonds. The Bertz CT molecular complexity index is 928. The van der Waals surface area contributed by atoms with E-state index < -0.39 is 41.1 Å². The van der Waals surface area contributed by atoms with Crippen LogP contribution in [-0.4, -0.2) is 58.2 Å². The number of fused-ring (bicyclic) bond motifs is 5. The number of hydrogen-bond acceptors (Lipinski definition) is 7. The summed E-state index contributed by atoms with van der Waals surface area (Å²) in [6.45, 7) is 6.71. The number of Topliss-reactive ketones (excluding diaryl/α,β-unsaturated/α-hetero) is 1. The average Bonchev–Trinajstić information content (AvgIpc) is 2.96. The van der Waals surface area contributed by atoms with Crippen LogP contribution in [-0.2, 0) is 19.1 Å². The van der Waals surface area contributed by atoms with Gasteiger partial charge in [0.1, 0.15) is 6.61 Å². The first-order chi connectivity index (χ1) is 15.5. The molecule has 3 saturated carbocycles. The first kappa shape index (κ1) is 24.4. The second-order valence-electron chi connectivity index (χ2n) is 10.5. The molecule has 0 aliphatic heterocycles. The molecule has 0 spiro atoms. The zero-order valence-electron chi connectivity index (χ0n) is 19.5. The molecule has 2 N–H and O–H groups in total. The summed E-state index contributed by atoms with van der Waals surface area (Å²) in [4.78, 5) is 37.8. The fourth-order valence-electron chi connectivity index (χ4n) is 7.92. The Kier molecular flexibility index (Phi) is 6.07. The SMILES string of the molecule is CCOC(=O)O[C@]1(C(=O)CO)[C@H](C)C[C@H]2[C@@H]3C[C@H](Cl)C4=CC(=O)C=C[C@]4(C)[C@H]3C(O)C[C@@]21C. The van der Waals surface area contributed by atoms with Crippen molar-refractivity contribution in [2.24, 2.45) is 34.5 Å². The van der Waals surface area contributed by atoms with Gasteiger partial charge in [0.2, 0.25) is 5.78 Å². The molecular formula is C25H33ClO7. The second kappa shape index (κ2) is 8.21. The van der Waals surface area contributed by atoms with Gasteiger partial charge in [-0.1, -0.05) is 26.8 Å². The summed E-state index contributed by atoms with van der Waals surface area (Å²) >= 11 is 6.82. The van der Waals surface area contributed by atoms with Crippen LogP contribution < -0.4 is 0 Å². The quantitative estimate of drug-likeness (QED) is 0.469. The summed E-state index contributed by atoms with van der Waals surface area (Å²) in [6, 6.07) is 0. The topological polar surface area (TPSA) is 110 Å². The van der Waals surface area contributed by atoms with Crippen molar-refractivity contribution >= 4 is 29.3 Å². The standard InChI is InChI=1S/C25H33ClO7/c1-5-32-22(31)33-25(20(30)12-27)13(2)8-16-15-10-18(26)17-9-14(28)6-7-23(17,3)21(15)19(29)11-24(16,25)4/h6-7,9,13,15-16,18-19,21,27,29H,5,8,10-12H2,1-4H3/t13-,15+,16+,18+,19?,21-,23+,24+,25+/m1/s1. The lowest BCUT2D eigenvalue weighted by atomic mass is 9.46. The number of halogens is 1. The molecule has 4 rings (SSSR count). The van der Waals surface area contributed by atoms with Crippen molar-refractivity contribution in [3.05, 3.63) is 23.8 Å². The number of ketones is 2. The predicted octanol–water partition coefficient (Wildman–Crippen LogP) is 3.20. The Balaban J connectivity index is 1.81. The van der Waals surface area contributed by atoms with Gasteiger partial charge in [-0.05, 0) is 55.7 Å². The molecule has 0 radical (unpaired) electrons. The van der Waals surface area contributed by atoms with Gasteiger partial charge in [0, 0.05) is 22.7 Å². The van der Waals surface area contributed by atoms with E-state index in [1.165, 1.54) is 6.08 Å². The maximum absolute atomic E-state index is 13.3. The zero-order chi connectivity index (χ0) is 24.3. The Morgan fingerprint density at radius 3 is 2.61 bits per heavy atom. The maximum Gasteiger partial charge on any atom is 0.509 e. The van der Waals surface area contributed by atoms with E-state index in [2.05, 4.69) is 0 Å². The van der Waals surface area contributed by atoms with Gasteiger partial charge in [-0.2, -0.15) is 0 Å². The van der Waals surface area contributed by atoms with Gasteiger partial charge in [-0.25, -0.2) is 4.79 Å². The van der Waals surface area contributed by atoms with E-state index >= 15 is 0 Å². The first-order valence-corrected chi connectivity index (χ1v) is 12.2. The molecule has 0 aromatic heterocycles. The molecule has 33 heavy (non-hydrogen) atoms. The van der Waals surface area contributed by atoms with Crippen LogP contribution in [0.15, 0.2) is 23.8 Å². The molecule has 8 heteroatoms. The number of aliphatic hydroxyl groups is 2. The minimum Gasteiger partial charge on any atom is -0.435 e. The van der Waals surface area contributed by atoms with Crippen LogP contribution in [0.3, 0.4) is 0 Å². The third kappa shape index (κ3) is 3.26. The van der Waals surface area contributed by atoms with Crippen LogP contribution in [0.5, 0.6) is 0 Å². The zero-order valence-corrected chi connectivity index (χ0v) is 20.3. The number of rotatable bonds is 4. The van der Waals surface area contributed by atoms with Crippen molar-refractivity contribution in [2.45, 2.75) is 64.0 Å². The van der Waals surface area contributed by atoms with Gasteiger partial charge in [-0.15, -0.1) is 11.6 Å². The summed E-state index contributed by atoms with van der Waals surface area (Å²) in [7, 11) is 0. The Labute approximate surface area is 199 Å². The van der Waals surface area contributed by atoms with Gasteiger partial charge < -0.3 is 19.7 Å².